The van der Waals surface area contributed by atoms with E-state index in [-0.39, 0.29) is 24.5 Å². The van der Waals surface area contributed by atoms with E-state index in [1.807, 2.05) is 0 Å². The van der Waals surface area contributed by atoms with Crippen molar-refractivity contribution in [1.82, 2.24) is 10.2 Å². The summed E-state index contributed by atoms with van der Waals surface area (Å²) >= 11 is 0. The molecule has 1 aromatic rings. The van der Waals surface area contributed by atoms with Crippen molar-refractivity contribution in [3.05, 3.63) is 35.4 Å². The van der Waals surface area contributed by atoms with E-state index in [4.69, 9.17) is 4.74 Å². The minimum Gasteiger partial charge on any atom is -0.452 e. The van der Waals surface area contributed by atoms with Gasteiger partial charge in [0.25, 0.3) is 17.7 Å². The van der Waals surface area contributed by atoms with E-state index >= 15 is 0 Å². The summed E-state index contributed by atoms with van der Waals surface area (Å²) in [6.45, 7) is 1.22. The number of nitrogens with zero attached hydrogens (tertiary/aromatic N) is 1. The number of rotatable bonds is 6. The molecule has 0 aliphatic carbocycles. The molecule has 1 saturated heterocycles. The zero-order valence-electron chi connectivity index (χ0n) is 15.2. The molecular formula is C18H20N2O7S. The van der Waals surface area contributed by atoms with Crippen LogP contribution >= 0.6 is 0 Å². The van der Waals surface area contributed by atoms with Crippen LogP contribution < -0.4 is 5.32 Å². The standard InChI is InChI=1S/C18H20N2O7S/c1-11(16(22)19-12-7-9-28(25,26)10-12)27-15(21)6-8-20-17(23)13-4-2-3-5-14(13)18(20)24/h2-5,11-12H,6-10H2,1H3,(H,19,22)/t11-,12+/m0/s1. The molecule has 0 radical (unpaired) electrons. The Labute approximate surface area is 161 Å². The highest BCUT2D eigenvalue weighted by Crippen LogP contribution is 2.22. The molecule has 1 fully saturated rings. The average Bonchev–Trinajstić information content (AvgIpc) is 3.10. The molecule has 28 heavy (non-hydrogen) atoms. The van der Waals surface area contributed by atoms with Gasteiger partial charge in [0.05, 0.1) is 29.1 Å². The fraction of sp³-hybridized carbons (Fsp3) is 0.444. The van der Waals surface area contributed by atoms with Gasteiger partial charge in [-0.05, 0) is 25.5 Å². The number of benzene rings is 1. The van der Waals surface area contributed by atoms with Crippen molar-refractivity contribution in [1.29, 1.82) is 0 Å². The van der Waals surface area contributed by atoms with Crippen LogP contribution in [0.3, 0.4) is 0 Å². The first kappa shape index (κ1) is 20.0. The molecule has 2 aliphatic rings. The van der Waals surface area contributed by atoms with E-state index in [9.17, 15) is 27.6 Å². The number of ether oxygens (including phenoxy) is 1. The van der Waals surface area contributed by atoms with Crippen molar-refractivity contribution in [3.8, 4) is 0 Å². The Bertz CT molecular complexity index is 906. The van der Waals surface area contributed by atoms with Crippen molar-refractivity contribution in [2.75, 3.05) is 18.1 Å². The number of carbonyl (C=O) groups is 4. The van der Waals surface area contributed by atoms with Gasteiger partial charge in [-0.25, -0.2) is 8.42 Å². The molecule has 2 atom stereocenters. The van der Waals surface area contributed by atoms with Gasteiger partial charge in [0.2, 0.25) is 0 Å². The number of imide groups is 1. The Hall–Kier alpha value is -2.75. The Balaban J connectivity index is 1.47. The highest BCUT2D eigenvalue weighted by Gasteiger charge is 2.35. The van der Waals surface area contributed by atoms with Crippen LogP contribution in [-0.4, -0.2) is 67.2 Å². The monoisotopic (exact) mass is 408 g/mol. The predicted octanol–water partition coefficient (Wildman–Crippen LogP) is -0.0923. The van der Waals surface area contributed by atoms with Gasteiger partial charge in [0.1, 0.15) is 0 Å². The third-order valence-corrected chi connectivity index (χ3v) is 6.44. The maximum absolute atomic E-state index is 12.2. The van der Waals surface area contributed by atoms with Crippen LogP contribution in [-0.2, 0) is 24.2 Å². The van der Waals surface area contributed by atoms with Crippen molar-refractivity contribution in [2.24, 2.45) is 0 Å². The molecule has 9 nitrogen and oxygen atoms in total. The molecule has 10 heteroatoms. The quantitative estimate of drug-likeness (QED) is 0.515. The van der Waals surface area contributed by atoms with E-state index in [1.165, 1.54) is 6.92 Å². The molecular weight excluding hydrogens is 388 g/mol. The second kappa shape index (κ2) is 7.70. The molecule has 0 saturated carbocycles. The summed E-state index contributed by atoms with van der Waals surface area (Å²) in [5.41, 5.74) is 0.584. The zero-order chi connectivity index (χ0) is 20.5. The maximum atomic E-state index is 12.2. The van der Waals surface area contributed by atoms with Gasteiger partial charge in [-0.2, -0.15) is 0 Å². The van der Waals surface area contributed by atoms with Crippen LogP contribution in [0.1, 0.15) is 40.5 Å². The third kappa shape index (κ3) is 4.22. The highest BCUT2D eigenvalue weighted by molar-refractivity contribution is 7.91. The minimum absolute atomic E-state index is 0.0202. The summed E-state index contributed by atoms with van der Waals surface area (Å²) in [5.74, 6) is -2.37. The van der Waals surface area contributed by atoms with E-state index < -0.39 is 45.7 Å². The fourth-order valence-electron chi connectivity index (χ4n) is 3.18. The summed E-state index contributed by atoms with van der Waals surface area (Å²) < 4.78 is 27.9. The first-order valence-corrected chi connectivity index (χ1v) is 10.7. The van der Waals surface area contributed by atoms with Gasteiger partial charge >= 0.3 is 5.97 Å². The molecule has 0 spiro atoms. The van der Waals surface area contributed by atoms with Crippen molar-refractivity contribution >= 4 is 33.5 Å². The number of hydrogen-bond acceptors (Lipinski definition) is 7. The second-order valence-corrected chi connectivity index (χ2v) is 9.03. The normalized spacial score (nSPS) is 21.3. The van der Waals surface area contributed by atoms with Gasteiger partial charge in [0.15, 0.2) is 15.9 Å². The Kier molecular flexibility index (Phi) is 5.50. The lowest BCUT2D eigenvalue weighted by Crippen LogP contribution is -2.42. The van der Waals surface area contributed by atoms with Crippen molar-refractivity contribution in [2.45, 2.75) is 31.9 Å². The lowest BCUT2D eigenvalue weighted by Gasteiger charge is -2.17. The number of carbonyl (C=O) groups excluding carboxylic acids is 4. The minimum atomic E-state index is -3.13. The Morgan fingerprint density at radius 1 is 1.21 bits per heavy atom. The Morgan fingerprint density at radius 2 is 1.82 bits per heavy atom. The highest BCUT2D eigenvalue weighted by atomic mass is 32.2. The molecule has 1 aromatic carbocycles. The van der Waals surface area contributed by atoms with E-state index in [0.29, 0.717) is 17.5 Å². The van der Waals surface area contributed by atoms with Crippen LogP contribution in [0.2, 0.25) is 0 Å². The lowest BCUT2D eigenvalue weighted by atomic mass is 10.1. The van der Waals surface area contributed by atoms with Crippen LogP contribution in [0.4, 0.5) is 0 Å². The number of nitrogens with one attached hydrogen (secondary N) is 1. The SMILES string of the molecule is C[C@H](OC(=O)CCN1C(=O)c2ccccc2C1=O)C(=O)N[C@@H]1CCS(=O)(=O)C1. The summed E-state index contributed by atoms with van der Waals surface area (Å²) in [6.07, 6.45) is -1.03. The number of fused-ring (bicyclic) bond motifs is 1. The van der Waals surface area contributed by atoms with Crippen LogP contribution in [0.25, 0.3) is 0 Å². The van der Waals surface area contributed by atoms with Crippen molar-refractivity contribution < 1.29 is 32.3 Å². The fourth-order valence-corrected chi connectivity index (χ4v) is 4.86. The van der Waals surface area contributed by atoms with Gasteiger partial charge in [0, 0.05) is 12.6 Å². The summed E-state index contributed by atoms with van der Waals surface area (Å²) in [7, 11) is -3.13. The predicted molar refractivity (Wildman–Crippen MR) is 97.2 cm³/mol. The molecule has 3 amide bonds. The number of amides is 3. The lowest BCUT2D eigenvalue weighted by molar-refractivity contribution is -0.155. The molecule has 0 unspecified atom stereocenters. The largest absolute Gasteiger partial charge is 0.452 e. The van der Waals surface area contributed by atoms with E-state index in [0.717, 1.165) is 4.90 Å². The molecule has 0 bridgehead atoms. The van der Waals surface area contributed by atoms with Gasteiger partial charge < -0.3 is 10.1 Å². The number of hydrogen-bond donors (Lipinski definition) is 1. The van der Waals surface area contributed by atoms with E-state index in [1.54, 1.807) is 24.3 Å². The maximum Gasteiger partial charge on any atom is 0.308 e. The number of esters is 1. The first-order chi connectivity index (χ1) is 13.2. The molecule has 1 N–H and O–H groups in total. The number of sulfone groups is 1. The molecule has 2 aliphatic heterocycles. The Morgan fingerprint density at radius 3 is 2.36 bits per heavy atom. The molecule has 2 heterocycles. The second-order valence-electron chi connectivity index (χ2n) is 6.80. The van der Waals surface area contributed by atoms with Gasteiger partial charge in [-0.3, -0.25) is 24.1 Å². The smallest absolute Gasteiger partial charge is 0.308 e. The summed E-state index contributed by atoms with van der Waals surface area (Å²) in [4.78, 5) is 49.5. The van der Waals surface area contributed by atoms with Gasteiger partial charge in [-0.1, -0.05) is 12.1 Å². The molecule has 0 aromatic heterocycles. The van der Waals surface area contributed by atoms with Crippen LogP contribution in [0.15, 0.2) is 24.3 Å². The summed E-state index contributed by atoms with van der Waals surface area (Å²) in [6, 6.07) is 5.90. The van der Waals surface area contributed by atoms with Crippen LogP contribution in [0, 0.1) is 0 Å². The molecule has 3 rings (SSSR count). The average molecular weight is 408 g/mol. The van der Waals surface area contributed by atoms with Crippen LogP contribution in [0.5, 0.6) is 0 Å². The zero-order valence-corrected chi connectivity index (χ0v) is 16.0. The third-order valence-electron chi connectivity index (χ3n) is 4.67. The first-order valence-electron chi connectivity index (χ1n) is 8.83. The summed E-state index contributed by atoms with van der Waals surface area (Å²) in [5, 5.41) is 2.55. The van der Waals surface area contributed by atoms with Crippen molar-refractivity contribution in [3.63, 3.8) is 0 Å². The van der Waals surface area contributed by atoms with Gasteiger partial charge in [-0.15, -0.1) is 0 Å². The topological polar surface area (TPSA) is 127 Å². The molecule has 150 valence electrons. The van der Waals surface area contributed by atoms with E-state index in [2.05, 4.69) is 5.32 Å².